The molecular formula is C15H21N3O2. The normalized spacial score (nSPS) is 13.6. The summed E-state index contributed by atoms with van der Waals surface area (Å²) in [7, 11) is 0. The molecule has 0 saturated carbocycles. The first-order valence-corrected chi connectivity index (χ1v) is 7.12. The number of aryl methyl sites for hydroxylation is 1. The first kappa shape index (κ1) is 14.4. The highest BCUT2D eigenvalue weighted by Gasteiger charge is 2.21. The average Bonchev–Trinajstić information content (AvgIpc) is 2.50. The molecule has 0 fully saturated rings. The van der Waals surface area contributed by atoms with Gasteiger partial charge >= 0.3 is 6.03 Å². The lowest BCUT2D eigenvalue weighted by atomic mass is 10.0. The Hall–Kier alpha value is -2.04. The third-order valence-electron chi connectivity index (χ3n) is 3.35. The Balaban J connectivity index is 1.92. The standard InChI is InChI=1S/C15H21N3O2/c1-2-9-16-15(20)17-11-14(19)18-10-5-7-12-6-3-4-8-13(12)18/h3-4,6,8H,2,5,7,9-11H2,1H3,(H2,16,17,20). The number of benzene rings is 1. The second-order valence-corrected chi connectivity index (χ2v) is 4.89. The smallest absolute Gasteiger partial charge is 0.315 e. The lowest BCUT2D eigenvalue weighted by Gasteiger charge is -2.29. The summed E-state index contributed by atoms with van der Waals surface area (Å²) in [6.07, 6.45) is 2.84. The summed E-state index contributed by atoms with van der Waals surface area (Å²) in [6, 6.07) is 7.65. The van der Waals surface area contributed by atoms with Gasteiger partial charge in [-0.05, 0) is 30.9 Å². The molecule has 2 N–H and O–H groups in total. The molecule has 1 aromatic rings. The number of rotatable bonds is 4. The predicted octanol–water partition coefficient (Wildman–Crippen LogP) is 1.68. The van der Waals surface area contributed by atoms with Gasteiger partial charge in [0.05, 0.1) is 6.54 Å². The molecule has 1 aliphatic rings. The number of nitrogens with one attached hydrogen (secondary N) is 2. The number of nitrogens with zero attached hydrogens (tertiary/aromatic N) is 1. The third-order valence-corrected chi connectivity index (χ3v) is 3.35. The van der Waals surface area contributed by atoms with E-state index in [2.05, 4.69) is 16.7 Å². The van der Waals surface area contributed by atoms with Crippen LogP contribution < -0.4 is 15.5 Å². The van der Waals surface area contributed by atoms with E-state index in [-0.39, 0.29) is 18.5 Å². The second-order valence-electron chi connectivity index (χ2n) is 4.89. The highest BCUT2D eigenvalue weighted by molar-refractivity contribution is 5.97. The average molecular weight is 275 g/mol. The van der Waals surface area contributed by atoms with Crippen molar-refractivity contribution < 1.29 is 9.59 Å². The molecule has 0 unspecified atom stereocenters. The summed E-state index contributed by atoms with van der Waals surface area (Å²) in [5.41, 5.74) is 2.17. The predicted molar refractivity (Wildman–Crippen MR) is 78.8 cm³/mol. The van der Waals surface area contributed by atoms with E-state index in [1.807, 2.05) is 25.1 Å². The van der Waals surface area contributed by atoms with Gasteiger partial charge in [-0.2, -0.15) is 0 Å². The maximum absolute atomic E-state index is 12.2. The Bertz CT molecular complexity index is 488. The number of carbonyl (C=O) groups is 2. The van der Waals surface area contributed by atoms with E-state index < -0.39 is 0 Å². The monoisotopic (exact) mass is 275 g/mol. The zero-order chi connectivity index (χ0) is 14.4. The van der Waals surface area contributed by atoms with Crippen molar-refractivity contribution in [1.82, 2.24) is 10.6 Å². The molecule has 20 heavy (non-hydrogen) atoms. The van der Waals surface area contributed by atoms with Crippen molar-refractivity contribution in [2.75, 3.05) is 24.5 Å². The quantitative estimate of drug-likeness (QED) is 0.878. The number of carbonyl (C=O) groups excluding carboxylic acids is 2. The van der Waals surface area contributed by atoms with E-state index in [0.717, 1.165) is 24.9 Å². The Labute approximate surface area is 119 Å². The fourth-order valence-corrected chi connectivity index (χ4v) is 2.35. The SMILES string of the molecule is CCCNC(=O)NCC(=O)N1CCCc2ccccc21. The summed E-state index contributed by atoms with van der Waals surface area (Å²) in [5, 5.41) is 5.29. The van der Waals surface area contributed by atoms with Crippen molar-refractivity contribution >= 4 is 17.6 Å². The Morgan fingerprint density at radius 2 is 2.05 bits per heavy atom. The molecule has 0 spiro atoms. The molecule has 0 aromatic heterocycles. The number of fused-ring (bicyclic) bond motifs is 1. The molecule has 0 atom stereocenters. The van der Waals surface area contributed by atoms with Gasteiger partial charge in [0.2, 0.25) is 5.91 Å². The summed E-state index contributed by atoms with van der Waals surface area (Å²) in [4.78, 5) is 25.4. The van der Waals surface area contributed by atoms with Crippen LogP contribution in [0.2, 0.25) is 0 Å². The highest BCUT2D eigenvalue weighted by atomic mass is 16.2. The van der Waals surface area contributed by atoms with Crippen LogP contribution in [-0.2, 0) is 11.2 Å². The molecule has 1 heterocycles. The molecule has 108 valence electrons. The van der Waals surface area contributed by atoms with E-state index in [1.54, 1.807) is 4.90 Å². The lowest BCUT2D eigenvalue weighted by Crippen LogP contribution is -2.45. The zero-order valence-electron chi connectivity index (χ0n) is 11.8. The van der Waals surface area contributed by atoms with Gasteiger partial charge in [-0.1, -0.05) is 25.1 Å². The maximum Gasteiger partial charge on any atom is 0.315 e. The summed E-state index contributed by atoms with van der Waals surface area (Å²) < 4.78 is 0. The molecule has 0 bridgehead atoms. The molecule has 0 saturated heterocycles. The number of para-hydroxylation sites is 1. The fourth-order valence-electron chi connectivity index (χ4n) is 2.35. The van der Waals surface area contributed by atoms with Gasteiger partial charge in [-0.15, -0.1) is 0 Å². The first-order valence-electron chi connectivity index (χ1n) is 7.12. The van der Waals surface area contributed by atoms with Gasteiger partial charge in [0, 0.05) is 18.8 Å². The van der Waals surface area contributed by atoms with Crippen LogP contribution in [0.25, 0.3) is 0 Å². The van der Waals surface area contributed by atoms with Crippen molar-refractivity contribution in [3.8, 4) is 0 Å². The van der Waals surface area contributed by atoms with Crippen LogP contribution in [-0.4, -0.2) is 31.6 Å². The number of hydrogen-bond donors (Lipinski definition) is 2. The maximum atomic E-state index is 12.2. The van der Waals surface area contributed by atoms with Crippen molar-refractivity contribution in [2.45, 2.75) is 26.2 Å². The highest BCUT2D eigenvalue weighted by Crippen LogP contribution is 2.26. The molecule has 3 amide bonds. The van der Waals surface area contributed by atoms with Gasteiger partial charge in [-0.25, -0.2) is 4.79 Å². The van der Waals surface area contributed by atoms with E-state index in [1.165, 1.54) is 5.56 Å². The number of amides is 3. The van der Waals surface area contributed by atoms with Crippen LogP contribution in [0.15, 0.2) is 24.3 Å². The molecule has 0 aliphatic carbocycles. The van der Waals surface area contributed by atoms with Crippen LogP contribution in [0.5, 0.6) is 0 Å². The molecule has 5 heteroatoms. The topological polar surface area (TPSA) is 61.4 Å². The molecule has 2 rings (SSSR count). The Kier molecular flexibility index (Phi) is 4.98. The number of anilines is 1. The summed E-state index contributed by atoms with van der Waals surface area (Å²) >= 11 is 0. The number of urea groups is 1. The van der Waals surface area contributed by atoms with Crippen molar-refractivity contribution in [2.24, 2.45) is 0 Å². The lowest BCUT2D eigenvalue weighted by molar-refractivity contribution is -0.117. The van der Waals surface area contributed by atoms with E-state index in [0.29, 0.717) is 13.1 Å². The van der Waals surface area contributed by atoms with Crippen LogP contribution in [0, 0.1) is 0 Å². The van der Waals surface area contributed by atoms with Gasteiger partial charge < -0.3 is 15.5 Å². The van der Waals surface area contributed by atoms with Gasteiger partial charge in [0.15, 0.2) is 0 Å². The van der Waals surface area contributed by atoms with Gasteiger partial charge in [0.1, 0.15) is 0 Å². The van der Waals surface area contributed by atoms with E-state index in [4.69, 9.17) is 0 Å². The molecule has 0 radical (unpaired) electrons. The Morgan fingerprint density at radius 3 is 2.85 bits per heavy atom. The van der Waals surface area contributed by atoms with Crippen LogP contribution >= 0.6 is 0 Å². The largest absolute Gasteiger partial charge is 0.338 e. The molecule has 1 aliphatic heterocycles. The van der Waals surface area contributed by atoms with Crippen LogP contribution in [0.3, 0.4) is 0 Å². The molecule has 5 nitrogen and oxygen atoms in total. The van der Waals surface area contributed by atoms with Gasteiger partial charge in [-0.3, -0.25) is 4.79 Å². The van der Waals surface area contributed by atoms with Crippen LogP contribution in [0.4, 0.5) is 10.5 Å². The summed E-state index contributed by atoms with van der Waals surface area (Å²) in [6.45, 7) is 3.35. The Morgan fingerprint density at radius 1 is 1.25 bits per heavy atom. The minimum atomic E-state index is -0.287. The van der Waals surface area contributed by atoms with E-state index >= 15 is 0 Å². The fraction of sp³-hybridized carbons (Fsp3) is 0.467. The van der Waals surface area contributed by atoms with Crippen molar-refractivity contribution in [3.63, 3.8) is 0 Å². The number of hydrogen-bond acceptors (Lipinski definition) is 2. The van der Waals surface area contributed by atoms with Crippen LogP contribution in [0.1, 0.15) is 25.3 Å². The van der Waals surface area contributed by atoms with Crippen molar-refractivity contribution in [1.29, 1.82) is 0 Å². The van der Waals surface area contributed by atoms with Crippen molar-refractivity contribution in [3.05, 3.63) is 29.8 Å². The minimum absolute atomic E-state index is 0.0316. The van der Waals surface area contributed by atoms with Gasteiger partial charge in [0.25, 0.3) is 0 Å². The molecule has 1 aromatic carbocycles. The zero-order valence-corrected chi connectivity index (χ0v) is 11.8. The second kappa shape index (κ2) is 6.93. The first-order chi connectivity index (χ1) is 9.72. The third kappa shape index (κ3) is 3.50. The van der Waals surface area contributed by atoms with E-state index in [9.17, 15) is 9.59 Å². The summed E-state index contributed by atoms with van der Waals surface area (Å²) in [5.74, 6) is -0.0659. The molecular weight excluding hydrogens is 254 g/mol. The minimum Gasteiger partial charge on any atom is -0.338 e.